The summed E-state index contributed by atoms with van der Waals surface area (Å²) in [5.74, 6) is -0.863. The van der Waals surface area contributed by atoms with Crippen molar-refractivity contribution in [1.29, 1.82) is 0 Å². The number of methoxy groups -OCH3 is 2. The van der Waals surface area contributed by atoms with Gasteiger partial charge in [-0.3, -0.25) is 9.59 Å². The van der Waals surface area contributed by atoms with E-state index >= 15 is 0 Å². The van der Waals surface area contributed by atoms with Crippen molar-refractivity contribution < 1.29 is 49.0 Å². The molecule has 0 saturated carbocycles. The predicted molar refractivity (Wildman–Crippen MR) is 201 cm³/mol. The number of rotatable bonds is 21. The Morgan fingerprint density at radius 3 is 1.96 bits per heavy atom. The average molecular weight is 838 g/mol. The van der Waals surface area contributed by atoms with Crippen molar-refractivity contribution in [3.63, 3.8) is 0 Å². The van der Waals surface area contributed by atoms with Gasteiger partial charge in [0, 0.05) is 52.5 Å². The Morgan fingerprint density at radius 2 is 1.36 bits per heavy atom. The van der Waals surface area contributed by atoms with Gasteiger partial charge in [0.15, 0.2) is 0 Å². The first kappa shape index (κ1) is 41.6. The molecule has 0 aliphatic carbocycles. The van der Waals surface area contributed by atoms with E-state index in [2.05, 4.69) is 31.2 Å². The minimum atomic E-state index is -1.08. The lowest BCUT2D eigenvalue weighted by atomic mass is 10.0. The number of nitrogens with one attached hydrogen (secondary N) is 1. The van der Waals surface area contributed by atoms with Gasteiger partial charge >= 0.3 is 11.9 Å². The van der Waals surface area contributed by atoms with Crippen LogP contribution in [0.25, 0.3) is 11.1 Å². The van der Waals surface area contributed by atoms with Crippen LogP contribution in [0.4, 0.5) is 0 Å². The number of carboxylic acids is 2. The molecule has 2 heterocycles. The lowest BCUT2D eigenvalue weighted by molar-refractivity contribution is -0.140. The first-order valence-corrected chi connectivity index (χ1v) is 18.0. The van der Waals surface area contributed by atoms with E-state index in [-0.39, 0.29) is 45.0 Å². The van der Waals surface area contributed by atoms with Crippen molar-refractivity contribution in [3.8, 4) is 34.6 Å². The first-order chi connectivity index (χ1) is 25.4. The van der Waals surface area contributed by atoms with Crippen LogP contribution in [-0.4, -0.2) is 75.3 Å². The second-order valence-corrected chi connectivity index (χ2v) is 13.5. The molecule has 0 aliphatic heterocycles. The van der Waals surface area contributed by atoms with E-state index in [9.17, 15) is 19.8 Å². The van der Waals surface area contributed by atoms with Crippen LogP contribution in [0.5, 0.6) is 23.5 Å². The van der Waals surface area contributed by atoms with Crippen LogP contribution in [0.15, 0.2) is 59.1 Å². The van der Waals surface area contributed by atoms with Crippen LogP contribution in [0.3, 0.4) is 0 Å². The summed E-state index contributed by atoms with van der Waals surface area (Å²) in [4.78, 5) is 30.5. The highest BCUT2D eigenvalue weighted by atomic mass is 79.9. The maximum absolute atomic E-state index is 10.8. The zero-order chi connectivity index (χ0) is 38.5. The van der Waals surface area contributed by atoms with Crippen molar-refractivity contribution in [3.05, 3.63) is 91.4 Å². The molecular formula is C37H40BrCl2N3O10. The SMILES string of the molecule is COc1nc(OCc2cccc(-c3cccc(COc4nc(OC)c(CNC[C@H](O)CC(=O)O)cc4Br)c3Cl)c2Cl)ccc1CCC[C@H](O)CC(=O)O. The Kier molecular flexibility index (Phi) is 15.9. The number of benzene rings is 2. The van der Waals surface area contributed by atoms with E-state index in [4.69, 9.17) is 52.4 Å². The van der Waals surface area contributed by atoms with Crippen molar-refractivity contribution in [2.75, 3.05) is 20.8 Å². The van der Waals surface area contributed by atoms with E-state index in [0.29, 0.717) is 79.2 Å². The molecule has 0 amide bonds. The molecule has 0 bridgehead atoms. The number of aromatic nitrogens is 2. The minimum absolute atomic E-state index is 0.0766. The molecule has 0 fully saturated rings. The second-order valence-electron chi connectivity index (χ2n) is 11.9. The molecule has 2 aromatic heterocycles. The summed E-state index contributed by atoms with van der Waals surface area (Å²) in [5, 5.41) is 41.2. The summed E-state index contributed by atoms with van der Waals surface area (Å²) in [6.07, 6.45) is -1.16. The van der Waals surface area contributed by atoms with Crippen molar-refractivity contribution in [1.82, 2.24) is 15.3 Å². The smallest absolute Gasteiger partial charge is 0.306 e. The molecule has 0 unspecified atom stereocenters. The van der Waals surface area contributed by atoms with Crippen LogP contribution in [0.1, 0.15) is 47.9 Å². The Bertz CT molecular complexity index is 1880. The third-order valence-corrected chi connectivity index (χ3v) is 9.43. The lowest BCUT2D eigenvalue weighted by Crippen LogP contribution is -2.28. The Labute approximate surface area is 324 Å². The van der Waals surface area contributed by atoms with E-state index in [1.807, 2.05) is 42.5 Å². The number of halogens is 3. The molecule has 0 spiro atoms. The van der Waals surface area contributed by atoms with Gasteiger partial charge in [0.05, 0.1) is 53.8 Å². The number of hydrogen-bond acceptors (Lipinski definition) is 11. The number of aliphatic carboxylic acids is 2. The number of hydrogen-bond donors (Lipinski definition) is 5. The molecule has 2 atom stereocenters. The van der Waals surface area contributed by atoms with Gasteiger partial charge in [0.25, 0.3) is 0 Å². The number of carboxylic acid groups (broad SMARTS) is 2. The Balaban J connectivity index is 1.41. The summed E-state index contributed by atoms with van der Waals surface area (Å²) in [5.41, 5.74) is 4.24. The van der Waals surface area contributed by atoms with Crippen LogP contribution in [-0.2, 0) is 35.8 Å². The van der Waals surface area contributed by atoms with E-state index in [0.717, 1.165) is 5.56 Å². The van der Waals surface area contributed by atoms with Crippen molar-refractivity contribution in [2.24, 2.45) is 0 Å². The molecule has 2 aromatic carbocycles. The summed E-state index contributed by atoms with van der Waals surface area (Å²) < 4.78 is 23.5. The number of aliphatic hydroxyl groups excluding tert-OH is 2. The van der Waals surface area contributed by atoms with Gasteiger partial charge in [0.1, 0.15) is 13.2 Å². The fourth-order valence-corrected chi connectivity index (χ4v) is 6.42. The lowest BCUT2D eigenvalue weighted by Gasteiger charge is -2.16. The molecule has 16 heteroatoms. The van der Waals surface area contributed by atoms with Crippen LogP contribution < -0.4 is 24.3 Å². The van der Waals surface area contributed by atoms with Crippen LogP contribution in [0.2, 0.25) is 10.0 Å². The highest BCUT2D eigenvalue weighted by molar-refractivity contribution is 9.10. The number of aryl methyl sites for hydroxylation is 1. The van der Waals surface area contributed by atoms with Gasteiger partial charge in [-0.2, -0.15) is 9.97 Å². The van der Waals surface area contributed by atoms with Gasteiger partial charge in [0.2, 0.25) is 23.5 Å². The molecule has 0 aliphatic rings. The number of pyridine rings is 2. The highest BCUT2D eigenvalue weighted by Gasteiger charge is 2.18. The van der Waals surface area contributed by atoms with Crippen molar-refractivity contribution in [2.45, 2.75) is 64.1 Å². The van der Waals surface area contributed by atoms with Crippen molar-refractivity contribution >= 4 is 51.1 Å². The van der Waals surface area contributed by atoms with Crippen LogP contribution >= 0.6 is 39.1 Å². The minimum Gasteiger partial charge on any atom is -0.481 e. The van der Waals surface area contributed by atoms with Gasteiger partial charge < -0.3 is 44.7 Å². The predicted octanol–water partition coefficient (Wildman–Crippen LogP) is 6.47. The molecule has 53 heavy (non-hydrogen) atoms. The van der Waals surface area contributed by atoms with Gasteiger partial charge in [-0.1, -0.05) is 59.6 Å². The zero-order valence-electron chi connectivity index (χ0n) is 29.0. The topological polar surface area (TPSA) is 190 Å². The number of ether oxygens (including phenoxy) is 4. The molecule has 0 saturated heterocycles. The maximum Gasteiger partial charge on any atom is 0.306 e. The molecule has 4 rings (SSSR count). The molecule has 284 valence electrons. The van der Waals surface area contributed by atoms with Crippen LogP contribution in [0, 0.1) is 0 Å². The number of carbonyl (C=O) groups is 2. The standard InChI is InChI=1S/C37H40BrCl2N3O10/c1-50-35-21(6-3-9-25(44)15-31(46)47)12-13-30(42-35)52-19-22-7-4-10-27(33(22)39)28-11-5-8-23(34(28)40)20-53-37-29(38)14-24(36(43-37)51-2)17-41-18-26(45)16-32(48)49/h4-5,7-8,10-14,25-26,41,44-45H,3,6,9,15-20H2,1-2H3,(H,46,47)(H,48,49)/t25-,26+/m0/s1. The van der Waals surface area contributed by atoms with E-state index in [1.54, 1.807) is 12.1 Å². The molecule has 0 radical (unpaired) electrons. The number of nitrogens with zero attached hydrogens (tertiary/aromatic N) is 2. The molecule has 5 N–H and O–H groups in total. The van der Waals surface area contributed by atoms with E-state index in [1.165, 1.54) is 14.2 Å². The van der Waals surface area contributed by atoms with Gasteiger partial charge in [-0.05, 0) is 47.3 Å². The first-order valence-electron chi connectivity index (χ1n) is 16.5. The maximum atomic E-state index is 10.8. The second kappa shape index (κ2) is 20.3. The third-order valence-electron chi connectivity index (χ3n) is 7.97. The number of aliphatic hydroxyl groups is 2. The van der Waals surface area contributed by atoms with Gasteiger partial charge in [-0.15, -0.1) is 0 Å². The fraction of sp³-hybridized carbons (Fsp3) is 0.351. The molecule has 4 aromatic rings. The Morgan fingerprint density at radius 1 is 0.774 bits per heavy atom. The summed E-state index contributed by atoms with van der Waals surface area (Å²) in [6.45, 7) is 0.536. The zero-order valence-corrected chi connectivity index (χ0v) is 32.1. The monoisotopic (exact) mass is 835 g/mol. The summed E-state index contributed by atoms with van der Waals surface area (Å²) in [7, 11) is 2.97. The summed E-state index contributed by atoms with van der Waals surface area (Å²) in [6, 6.07) is 16.4. The Hall–Kier alpha value is -4.18. The quantitative estimate of drug-likeness (QED) is 0.0615. The largest absolute Gasteiger partial charge is 0.481 e. The third kappa shape index (κ3) is 12.2. The average Bonchev–Trinajstić information content (AvgIpc) is 3.11. The fourth-order valence-electron chi connectivity index (χ4n) is 5.37. The van der Waals surface area contributed by atoms with E-state index < -0.39 is 24.1 Å². The highest BCUT2D eigenvalue weighted by Crippen LogP contribution is 2.38. The summed E-state index contributed by atoms with van der Waals surface area (Å²) >= 11 is 17.3. The molecular weight excluding hydrogens is 797 g/mol. The normalized spacial score (nSPS) is 12.2. The van der Waals surface area contributed by atoms with Gasteiger partial charge in [-0.25, -0.2) is 0 Å². The molecule has 13 nitrogen and oxygen atoms in total.